The molecule has 2 saturated heterocycles. The molecule has 0 aliphatic carbocycles. The Morgan fingerprint density at radius 3 is 2.70 bits per heavy atom. The van der Waals surface area contributed by atoms with E-state index in [0.29, 0.717) is 12.8 Å². The van der Waals surface area contributed by atoms with E-state index in [2.05, 4.69) is 15.9 Å². The zero-order valence-corrected chi connectivity index (χ0v) is 15.4. The smallest absolute Gasteiger partial charge is 0.417 e. The van der Waals surface area contributed by atoms with Gasteiger partial charge in [-0.1, -0.05) is 15.9 Å². The van der Waals surface area contributed by atoms with Crippen molar-refractivity contribution in [3.05, 3.63) is 0 Å². The number of esters is 1. The molecule has 2 aliphatic rings. The number of nitrogens with zero attached hydrogens (tertiary/aromatic N) is 1. The van der Waals surface area contributed by atoms with Crippen LogP contribution in [0.4, 0.5) is 4.79 Å². The highest BCUT2D eigenvalue weighted by Crippen LogP contribution is 2.37. The predicted octanol–water partition coefficient (Wildman–Crippen LogP) is 3.02. The van der Waals surface area contributed by atoms with Crippen LogP contribution < -0.4 is 0 Å². The normalized spacial score (nSPS) is 28.2. The molecule has 130 valence electrons. The lowest BCUT2D eigenvalue weighted by Gasteiger charge is -2.31. The Morgan fingerprint density at radius 2 is 2.09 bits per heavy atom. The van der Waals surface area contributed by atoms with E-state index in [1.54, 1.807) is 20.8 Å². The van der Waals surface area contributed by atoms with Crippen molar-refractivity contribution in [2.45, 2.75) is 70.6 Å². The highest BCUT2D eigenvalue weighted by molar-refractivity contribution is 9.09. The maximum Gasteiger partial charge on any atom is 0.417 e. The van der Waals surface area contributed by atoms with Gasteiger partial charge in [-0.2, -0.15) is 0 Å². The summed E-state index contributed by atoms with van der Waals surface area (Å²) in [6.45, 7) is 5.30. The van der Waals surface area contributed by atoms with Gasteiger partial charge < -0.3 is 9.47 Å². The molecule has 0 aromatic heterocycles. The summed E-state index contributed by atoms with van der Waals surface area (Å²) in [5.74, 6) is -0.624. The Bertz CT molecular complexity index is 487. The Morgan fingerprint density at radius 1 is 1.39 bits per heavy atom. The molecule has 2 heterocycles. The van der Waals surface area contributed by atoms with Crippen LogP contribution in [-0.2, 0) is 19.1 Å². The van der Waals surface area contributed by atoms with Crippen LogP contribution in [0.15, 0.2) is 0 Å². The first-order valence-corrected chi connectivity index (χ1v) is 9.15. The topological polar surface area (TPSA) is 72.9 Å². The second kappa shape index (κ2) is 7.20. The number of carbonyl (C=O) groups is 3. The van der Waals surface area contributed by atoms with Crippen LogP contribution in [0.2, 0.25) is 0 Å². The molecule has 7 heteroatoms. The van der Waals surface area contributed by atoms with Crippen LogP contribution in [-0.4, -0.2) is 45.9 Å². The first-order valence-electron chi connectivity index (χ1n) is 8.03. The van der Waals surface area contributed by atoms with Crippen molar-refractivity contribution in [1.29, 1.82) is 0 Å². The number of alkyl halides is 1. The van der Waals surface area contributed by atoms with Gasteiger partial charge >= 0.3 is 12.1 Å². The van der Waals surface area contributed by atoms with Gasteiger partial charge in [0.05, 0.1) is 12.5 Å². The molecule has 0 unspecified atom stereocenters. The molecule has 0 spiro atoms. The van der Waals surface area contributed by atoms with E-state index in [0.717, 1.165) is 18.2 Å². The third-order valence-electron chi connectivity index (χ3n) is 4.12. The summed E-state index contributed by atoms with van der Waals surface area (Å²) in [6.07, 6.45) is 1.87. The minimum atomic E-state index is -0.665. The summed E-state index contributed by atoms with van der Waals surface area (Å²) in [7, 11) is 0. The molecule has 0 aromatic carbocycles. The second-order valence-corrected chi connectivity index (χ2v) is 7.87. The minimum Gasteiger partial charge on any atom is -0.462 e. The number of imide groups is 1. The molecular formula is C16H24BrNO5. The summed E-state index contributed by atoms with van der Waals surface area (Å²) in [6, 6.07) is -0.316. The molecule has 3 atom stereocenters. The number of rotatable bonds is 4. The van der Waals surface area contributed by atoms with E-state index in [1.807, 2.05) is 0 Å². The molecule has 2 fully saturated rings. The lowest BCUT2D eigenvalue weighted by atomic mass is 9.89. The van der Waals surface area contributed by atoms with Gasteiger partial charge in [0, 0.05) is 17.7 Å². The van der Waals surface area contributed by atoms with Crippen molar-refractivity contribution in [1.82, 2.24) is 4.90 Å². The number of amides is 2. The van der Waals surface area contributed by atoms with Crippen molar-refractivity contribution in [2.75, 3.05) is 5.33 Å². The Hall–Kier alpha value is -1.11. The van der Waals surface area contributed by atoms with Gasteiger partial charge in [0.1, 0.15) is 11.7 Å². The van der Waals surface area contributed by atoms with Crippen LogP contribution in [0, 0.1) is 5.92 Å². The molecule has 2 rings (SSSR count). The average molecular weight is 390 g/mol. The van der Waals surface area contributed by atoms with Gasteiger partial charge in [-0.05, 0) is 40.0 Å². The SMILES string of the molecule is CC(C)(C)OC(=O)N1C(=O)CC[C@@H]1[C@H]1CC(=O)O[C@@H]1CCCBr. The molecule has 0 radical (unpaired) electrons. The van der Waals surface area contributed by atoms with Crippen molar-refractivity contribution in [2.24, 2.45) is 5.92 Å². The molecule has 0 N–H and O–H groups in total. The van der Waals surface area contributed by atoms with Gasteiger partial charge in [0.2, 0.25) is 5.91 Å². The summed E-state index contributed by atoms with van der Waals surface area (Å²) >= 11 is 3.37. The van der Waals surface area contributed by atoms with E-state index in [1.165, 1.54) is 4.90 Å². The van der Waals surface area contributed by atoms with Crippen LogP contribution in [0.25, 0.3) is 0 Å². The lowest BCUT2D eigenvalue weighted by Crippen LogP contribution is -2.46. The number of hydrogen-bond acceptors (Lipinski definition) is 5. The summed E-state index contributed by atoms with van der Waals surface area (Å²) in [4.78, 5) is 37.5. The van der Waals surface area contributed by atoms with Crippen molar-refractivity contribution >= 4 is 33.9 Å². The first-order chi connectivity index (χ1) is 10.7. The van der Waals surface area contributed by atoms with Crippen LogP contribution in [0.5, 0.6) is 0 Å². The Kier molecular flexibility index (Phi) is 5.70. The van der Waals surface area contributed by atoms with E-state index in [-0.39, 0.29) is 36.4 Å². The van der Waals surface area contributed by atoms with Crippen LogP contribution in [0.1, 0.15) is 52.9 Å². The van der Waals surface area contributed by atoms with Gasteiger partial charge in [0.15, 0.2) is 0 Å². The summed E-state index contributed by atoms with van der Waals surface area (Å²) < 4.78 is 10.8. The monoisotopic (exact) mass is 389 g/mol. The summed E-state index contributed by atoms with van der Waals surface area (Å²) in [5.41, 5.74) is -0.665. The molecule has 6 nitrogen and oxygen atoms in total. The molecule has 0 saturated carbocycles. The van der Waals surface area contributed by atoms with Crippen LogP contribution >= 0.6 is 15.9 Å². The number of cyclic esters (lactones) is 1. The van der Waals surface area contributed by atoms with E-state index in [4.69, 9.17) is 9.47 Å². The Balaban J connectivity index is 2.14. The van der Waals surface area contributed by atoms with Gasteiger partial charge in [0.25, 0.3) is 0 Å². The van der Waals surface area contributed by atoms with Crippen molar-refractivity contribution < 1.29 is 23.9 Å². The third kappa shape index (κ3) is 4.46. The van der Waals surface area contributed by atoms with Crippen molar-refractivity contribution in [3.63, 3.8) is 0 Å². The minimum absolute atomic E-state index is 0.138. The number of ether oxygens (including phenoxy) is 2. The number of carbonyl (C=O) groups excluding carboxylic acids is 3. The fourth-order valence-electron chi connectivity index (χ4n) is 3.22. The van der Waals surface area contributed by atoms with Gasteiger partial charge in [-0.15, -0.1) is 0 Å². The zero-order chi connectivity index (χ0) is 17.2. The summed E-state index contributed by atoms with van der Waals surface area (Å²) in [5, 5.41) is 0.827. The quantitative estimate of drug-likeness (QED) is 0.545. The van der Waals surface area contributed by atoms with E-state index in [9.17, 15) is 14.4 Å². The fraction of sp³-hybridized carbons (Fsp3) is 0.812. The Labute approximate surface area is 145 Å². The third-order valence-corrected chi connectivity index (χ3v) is 4.68. The maximum absolute atomic E-state index is 12.4. The van der Waals surface area contributed by atoms with Crippen molar-refractivity contribution in [3.8, 4) is 0 Å². The fourth-order valence-corrected chi connectivity index (χ4v) is 3.55. The standard InChI is InChI=1S/C16H24BrNO5/c1-16(2,3)23-15(21)18-11(6-7-13(18)19)10-9-14(20)22-12(10)5-4-8-17/h10-12H,4-9H2,1-3H3/t10-,11-,12-/m1/s1. The average Bonchev–Trinajstić information content (AvgIpc) is 2.97. The molecule has 2 aliphatic heterocycles. The van der Waals surface area contributed by atoms with Crippen LogP contribution in [0.3, 0.4) is 0 Å². The molecular weight excluding hydrogens is 366 g/mol. The zero-order valence-electron chi connectivity index (χ0n) is 13.8. The highest BCUT2D eigenvalue weighted by atomic mass is 79.9. The van der Waals surface area contributed by atoms with Gasteiger partial charge in [-0.25, -0.2) is 9.69 Å². The predicted molar refractivity (Wildman–Crippen MR) is 87.1 cm³/mol. The highest BCUT2D eigenvalue weighted by Gasteiger charge is 2.48. The second-order valence-electron chi connectivity index (χ2n) is 7.08. The number of likely N-dealkylation sites (tertiary alicyclic amines) is 1. The van der Waals surface area contributed by atoms with E-state index < -0.39 is 11.7 Å². The van der Waals surface area contributed by atoms with E-state index >= 15 is 0 Å². The maximum atomic E-state index is 12.4. The first kappa shape index (κ1) is 18.2. The number of halogens is 1. The number of hydrogen-bond donors (Lipinski definition) is 0. The molecule has 0 aromatic rings. The molecule has 2 amide bonds. The van der Waals surface area contributed by atoms with Gasteiger partial charge in [-0.3, -0.25) is 9.59 Å². The molecule has 23 heavy (non-hydrogen) atoms. The molecule has 0 bridgehead atoms. The lowest BCUT2D eigenvalue weighted by molar-refractivity contribution is -0.141. The largest absolute Gasteiger partial charge is 0.462 e.